The van der Waals surface area contributed by atoms with E-state index in [4.69, 9.17) is 4.74 Å². The molecule has 0 saturated heterocycles. The van der Waals surface area contributed by atoms with Gasteiger partial charge in [-0.15, -0.1) is 0 Å². The van der Waals surface area contributed by atoms with Crippen molar-refractivity contribution in [1.82, 2.24) is 0 Å². The summed E-state index contributed by atoms with van der Waals surface area (Å²) < 4.78 is 45.5. The van der Waals surface area contributed by atoms with E-state index in [0.717, 1.165) is 0 Å². The number of nitrogens with zero attached hydrogens (tertiary/aromatic N) is 1. The molecule has 0 saturated carbocycles. The maximum absolute atomic E-state index is 13.5. The Hall–Kier alpha value is -3.52. The van der Waals surface area contributed by atoms with E-state index in [-0.39, 0.29) is 11.5 Å². The summed E-state index contributed by atoms with van der Waals surface area (Å²) in [6.45, 7) is 0. The summed E-state index contributed by atoms with van der Waals surface area (Å²) in [4.78, 5) is 4.38. The van der Waals surface area contributed by atoms with Crippen molar-refractivity contribution in [3.8, 4) is 11.5 Å². The van der Waals surface area contributed by atoms with Crippen LogP contribution in [0.5, 0.6) is 11.5 Å². The molecule has 0 amide bonds. The zero-order valence-electron chi connectivity index (χ0n) is 16.2. The number of fused-ring (bicyclic) bond motifs is 1. The van der Waals surface area contributed by atoms with Gasteiger partial charge in [0.05, 0.1) is 17.4 Å². The highest BCUT2D eigenvalue weighted by atomic mass is 19.4. The number of hydrogen-bond donors (Lipinski definition) is 3. The van der Waals surface area contributed by atoms with Gasteiger partial charge in [-0.05, 0) is 30.3 Å². The molecule has 160 valence electrons. The minimum Gasteiger partial charge on any atom is -0.507 e. The summed E-state index contributed by atoms with van der Waals surface area (Å²) in [5.74, 6) is -3.29. The van der Waals surface area contributed by atoms with Gasteiger partial charge in [0.25, 0.3) is 0 Å². The van der Waals surface area contributed by atoms with Gasteiger partial charge >= 0.3 is 12.0 Å². The SMILES string of the molecule is Oc1ccccc1C=Nc1ccccc1N[C@@H]1C[C@@](O)(C(F)(F)F)Oc2ccccc21. The van der Waals surface area contributed by atoms with Crippen molar-refractivity contribution in [3.05, 3.63) is 83.9 Å². The van der Waals surface area contributed by atoms with Crippen LogP contribution in [0.3, 0.4) is 0 Å². The first kappa shape index (κ1) is 20.7. The van der Waals surface area contributed by atoms with E-state index in [1.807, 2.05) is 0 Å². The predicted molar refractivity (Wildman–Crippen MR) is 111 cm³/mol. The molecule has 2 atom stereocenters. The van der Waals surface area contributed by atoms with Crippen molar-refractivity contribution >= 4 is 17.6 Å². The second-order valence-corrected chi connectivity index (χ2v) is 7.16. The third kappa shape index (κ3) is 4.20. The van der Waals surface area contributed by atoms with E-state index in [1.54, 1.807) is 60.7 Å². The van der Waals surface area contributed by atoms with Gasteiger partial charge in [-0.1, -0.05) is 42.5 Å². The van der Waals surface area contributed by atoms with Gasteiger partial charge in [0.2, 0.25) is 0 Å². The number of benzene rings is 3. The van der Waals surface area contributed by atoms with Crippen molar-refractivity contribution in [1.29, 1.82) is 0 Å². The van der Waals surface area contributed by atoms with Crippen LogP contribution in [0.1, 0.15) is 23.6 Å². The minimum atomic E-state index is -4.97. The molecule has 0 bridgehead atoms. The van der Waals surface area contributed by atoms with Crippen LogP contribution in [0, 0.1) is 0 Å². The lowest BCUT2D eigenvalue weighted by atomic mass is 9.93. The molecular formula is C23H19F3N2O3. The van der Waals surface area contributed by atoms with Crippen LogP contribution in [-0.4, -0.2) is 28.4 Å². The van der Waals surface area contributed by atoms with Crippen molar-refractivity contribution in [2.75, 3.05) is 5.32 Å². The van der Waals surface area contributed by atoms with E-state index in [0.29, 0.717) is 22.5 Å². The molecule has 31 heavy (non-hydrogen) atoms. The number of aliphatic imine (C=N–C) groups is 1. The smallest absolute Gasteiger partial charge is 0.455 e. The van der Waals surface area contributed by atoms with Gasteiger partial charge in [-0.3, -0.25) is 4.99 Å². The van der Waals surface area contributed by atoms with E-state index in [9.17, 15) is 23.4 Å². The van der Waals surface area contributed by atoms with Gasteiger partial charge in [-0.25, -0.2) is 0 Å². The molecule has 5 nitrogen and oxygen atoms in total. The Bertz CT molecular complexity index is 1120. The lowest BCUT2D eigenvalue weighted by molar-refractivity contribution is -0.342. The highest BCUT2D eigenvalue weighted by molar-refractivity contribution is 5.86. The third-order valence-electron chi connectivity index (χ3n) is 5.01. The number of alkyl halides is 3. The average Bonchev–Trinajstić information content (AvgIpc) is 2.73. The molecule has 4 rings (SSSR count). The number of rotatable bonds is 4. The number of hydrogen-bond acceptors (Lipinski definition) is 5. The number of aliphatic hydroxyl groups is 1. The number of anilines is 1. The highest BCUT2D eigenvalue weighted by Crippen LogP contribution is 2.47. The number of phenols is 1. The van der Waals surface area contributed by atoms with Gasteiger partial charge in [-0.2, -0.15) is 13.2 Å². The predicted octanol–water partition coefficient (Wildman–Crippen LogP) is 5.33. The Morgan fingerprint density at radius 2 is 1.68 bits per heavy atom. The first-order valence-electron chi connectivity index (χ1n) is 9.51. The monoisotopic (exact) mass is 428 g/mol. The summed E-state index contributed by atoms with van der Waals surface area (Å²) in [6.07, 6.45) is -4.23. The van der Waals surface area contributed by atoms with Crippen LogP contribution >= 0.6 is 0 Å². The molecule has 1 aliphatic heterocycles. The van der Waals surface area contributed by atoms with Gasteiger partial charge in [0.15, 0.2) is 0 Å². The first-order chi connectivity index (χ1) is 14.8. The molecule has 0 spiro atoms. The van der Waals surface area contributed by atoms with E-state index in [1.165, 1.54) is 18.3 Å². The maximum Gasteiger partial charge on any atom is 0.455 e. The van der Waals surface area contributed by atoms with Crippen molar-refractivity contribution in [3.63, 3.8) is 0 Å². The van der Waals surface area contributed by atoms with Crippen LogP contribution in [-0.2, 0) is 0 Å². The molecule has 0 aromatic heterocycles. The van der Waals surface area contributed by atoms with Crippen molar-refractivity contribution < 1.29 is 28.1 Å². The summed E-state index contributed by atoms with van der Waals surface area (Å²) in [7, 11) is 0. The Kier molecular flexibility index (Phi) is 5.32. The van der Waals surface area contributed by atoms with Crippen LogP contribution < -0.4 is 10.1 Å². The molecule has 0 radical (unpaired) electrons. The summed E-state index contributed by atoms with van der Waals surface area (Å²) in [5, 5.41) is 23.2. The van der Waals surface area contributed by atoms with Gasteiger partial charge in [0.1, 0.15) is 11.5 Å². The van der Waals surface area contributed by atoms with Gasteiger partial charge in [0, 0.05) is 23.8 Å². The Morgan fingerprint density at radius 1 is 1.00 bits per heavy atom. The largest absolute Gasteiger partial charge is 0.507 e. The Balaban J connectivity index is 1.67. The van der Waals surface area contributed by atoms with Crippen LogP contribution in [0.4, 0.5) is 24.5 Å². The molecule has 3 aromatic rings. The number of halogens is 3. The molecule has 1 aliphatic rings. The Labute approximate surface area is 176 Å². The fourth-order valence-corrected chi connectivity index (χ4v) is 3.41. The Morgan fingerprint density at radius 3 is 2.45 bits per heavy atom. The molecule has 0 aliphatic carbocycles. The molecule has 0 fully saturated rings. The number of nitrogens with one attached hydrogen (secondary N) is 1. The first-order valence-corrected chi connectivity index (χ1v) is 9.51. The topological polar surface area (TPSA) is 74.1 Å². The fraction of sp³-hybridized carbons (Fsp3) is 0.174. The molecule has 8 heteroatoms. The number of phenolic OH excluding ortho intramolecular Hbond substituents is 1. The van der Waals surface area contributed by atoms with Crippen molar-refractivity contribution in [2.45, 2.75) is 24.4 Å². The normalized spacial score (nSPS) is 20.8. The number of aromatic hydroxyl groups is 1. The van der Waals surface area contributed by atoms with E-state index >= 15 is 0 Å². The number of ether oxygens (including phenoxy) is 1. The lowest BCUT2D eigenvalue weighted by Crippen LogP contribution is -2.54. The minimum absolute atomic E-state index is 0.0405. The number of para-hydroxylation sites is 4. The highest BCUT2D eigenvalue weighted by Gasteiger charge is 2.59. The summed E-state index contributed by atoms with van der Waals surface area (Å²) in [5.41, 5.74) is 1.93. The molecule has 3 aromatic carbocycles. The zero-order chi connectivity index (χ0) is 22.1. The molecular weight excluding hydrogens is 409 g/mol. The quantitative estimate of drug-likeness (QED) is 0.491. The second kappa shape index (κ2) is 7.96. The second-order valence-electron chi connectivity index (χ2n) is 7.16. The lowest BCUT2D eigenvalue weighted by Gasteiger charge is -2.39. The zero-order valence-corrected chi connectivity index (χ0v) is 16.2. The van der Waals surface area contributed by atoms with Crippen LogP contribution in [0.15, 0.2) is 77.8 Å². The van der Waals surface area contributed by atoms with Crippen LogP contribution in [0.25, 0.3) is 0 Å². The maximum atomic E-state index is 13.5. The third-order valence-corrected chi connectivity index (χ3v) is 5.01. The molecule has 0 unspecified atom stereocenters. The molecule has 1 heterocycles. The summed E-state index contributed by atoms with van der Waals surface area (Å²) in [6, 6.07) is 18.9. The standard InChI is InChI=1S/C23H19F3N2O3/c24-23(25,26)22(30)13-19(16-8-2-6-12-21(16)31-22)28-18-10-4-3-9-17(18)27-14-15-7-1-5-11-20(15)29/h1-12,14,19,28-30H,13H2/t19-,22+/m1/s1. The van der Waals surface area contributed by atoms with Crippen LogP contribution in [0.2, 0.25) is 0 Å². The van der Waals surface area contributed by atoms with Crippen molar-refractivity contribution in [2.24, 2.45) is 4.99 Å². The molecule has 3 N–H and O–H groups in total. The van der Waals surface area contributed by atoms with E-state index in [2.05, 4.69) is 10.3 Å². The van der Waals surface area contributed by atoms with E-state index < -0.39 is 24.4 Å². The fourth-order valence-electron chi connectivity index (χ4n) is 3.41. The summed E-state index contributed by atoms with van der Waals surface area (Å²) >= 11 is 0. The average molecular weight is 428 g/mol. The van der Waals surface area contributed by atoms with Gasteiger partial charge < -0.3 is 20.3 Å².